The molecule has 1 heteroatoms. The Morgan fingerprint density at radius 3 is 2.78 bits per heavy atom. The lowest BCUT2D eigenvalue weighted by molar-refractivity contribution is 0.374. The molecule has 0 heterocycles. The molecule has 0 fully saturated rings. The van der Waals surface area contributed by atoms with E-state index in [0.29, 0.717) is 5.56 Å². The monoisotopic (exact) mass is 123 g/mol. The van der Waals surface area contributed by atoms with Gasteiger partial charge in [-0.05, 0) is 24.6 Å². The van der Waals surface area contributed by atoms with Gasteiger partial charge in [-0.15, -0.1) is 0 Å². The van der Waals surface area contributed by atoms with Crippen LogP contribution in [-0.4, -0.2) is 0 Å². The Hall–Kier alpha value is -0.850. The molecule has 0 aliphatic carbocycles. The topological polar surface area (TPSA) is 0 Å². The van der Waals surface area contributed by atoms with Gasteiger partial charge >= 0.3 is 0 Å². The maximum absolute atomic E-state index is 12.4. The van der Waals surface area contributed by atoms with Crippen LogP contribution in [0.25, 0.3) is 0 Å². The molecule has 0 aromatic heterocycles. The van der Waals surface area contributed by atoms with Gasteiger partial charge < -0.3 is 0 Å². The third-order valence-electron chi connectivity index (χ3n) is 1.19. The van der Waals surface area contributed by atoms with Gasteiger partial charge in [0, 0.05) is 0 Å². The highest BCUT2D eigenvalue weighted by Gasteiger charge is 1.98. The Balaban J connectivity index is 2.85. The lowest BCUT2D eigenvalue weighted by Gasteiger charge is -1.97. The summed E-state index contributed by atoms with van der Waals surface area (Å²) in [5.74, 6) is 0. The molecule has 1 rings (SSSR count). The van der Waals surface area contributed by atoms with E-state index in [1.165, 1.54) is 6.92 Å². The van der Waals surface area contributed by atoms with Crippen molar-refractivity contribution < 1.29 is 4.39 Å². The standard InChI is InChI=1S/C8H8F/c1-7(9)8-5-3-2-4-6-8/h2-3,5-7H,1H3/t7-/m0/s1. The molecule has 1 radical (unpaired) electrons. The molecule has 47 valence electrons. The molecule has 0 saturated carbocycles. The smallest absolute Gasteiger partial charge is 0.122 e. The fourth-order valence-electron chi connectivity index (χ4n) is 0.655. The molecular weight excluding hydrogens is 115 g/mol. The van der Waals surface area contributed by atoms with Gasteiger partial charge in [-0.25, -0.2) is 4.39 Å². The number of rotatable bonds is 1. The summed E-state index contributed by atoms with van der Waals surface area (Å²) in [6, 6.07) is 9.75. The van der Waals surface area contributed by atoms with Gasteiger partial charge in [0.05, 0.1) is 0 Å². The summed E-state index contributed by atoms with van der Waals surface area (Å²) in [5, 5.41) is 0. The van der Waals surface area contributed by atoms with Crippen molar-refractivity contribution >= 4 is 0 Å². The second kappa shape index (κ2) is 2.62. The molecule has 1 aromatic carbocycles. The van der Waals surface area contributed by atoms with E-state index in [1.54, 1.807) is 24.3 Å². The molecule has 0 aliphatic rings. The Bertz CT molecular complexity index is 167. The largest absolute Gasteiger partial charge is 0.243 e. The van der Waals surface area contributed by atoms with Crippen LogP contribution in [-0.2, 0) is 0 Å². The maximum atomic E-state index is 12.4. The van der Waals surface area contributed by atoms with Crippen LogP contribution in [0.3, 0.4) is 0 Å². The van der Waals surface area contributed by atoms with Crippen molar-refractivity contribution in [3.05, 3.63) is 35.9 Å². The van der Waals surface area contributed by atoms with E-state index >= 15 is 0 Å². The summed E-state index contributed by atoms with van der Waals surface area (Å²) in [6.45, 7) is 1.52. The fraction of sp³-hybridized carbons (Fsp3) is 0.250. The van der Waals surface area contributed by atoms with E-state index in [0.717, 1.165) is 0 Å². The van der Waals surface area contributed by atoms with Gasteiger partial charge in [0.2, 0.25) is 0 Å². The molecule has 0 spiro atoms. The second-order valence-corrected chi connectivity index (χ2v) is 1.95. The van der Waals surface area contributed by atoms with Crippen molar-refractivity contribution in [1.29, 1.82) is 0 Å². The number of hydrogen-bond donors (Lipinski definition) is 0. The summed E-state index contributed by atoms with van der Waals surface area (Å²) in [5.41, 5.74) is 0.692. The van der Waals surface area contributed by atoms with Crippen LogP contribution in [0.15, 0.2) is 24.3 Å². The summed E-state index contributed by atoms with van der Waals surface area (Å²) in [7, 11) is 0. The van der Waals surface area contributed by atoms with Crippen molar-refractivity contribution in [2.45, 2.75) is 13.1 Å². The Kier molecular flexibility index (Phi) is 1.83. The molecule has 0 amide bonds. The van der Waals surface area contributed by atoms with Crippen LogP contribution in [0.1, 0.15) is 18.7 Å². The second-order valence-electron chi connectivity index (χ2n) is 1.95. The van der Waals surface area contributed by atoms with Gasteiger partial charge in [-0.3, -0.25) is 0 Å². The van der Waals surface area contributed by atoms with Gasteiger partial charge in [-0.1, -0.05) is 18.2 Å². The van der Waals surface area contributed by atoms with Crippen LogP contribution < -0.4 is 0 Å². The first kappa shape index (κ1) is 6.27. The molecular formula is C8H8F. The minimum absolute atomic E-state index is 0.692. The zero-order valence-electron chi connectivity index (χ0n) is 5.26. The maximum Gasteiger partial charge on any atom is 0.122 e. The van der Waals surface area contributed by atoms with Crippen molar-refractivity contribution in [3.63, 3.8) is 0 Å². The van der Waals surface area contributed by atoms with Crippen LogP contribution in [0.5, 0.6) is 0 Å². The van der Waals surface area contributed by atoms with Gasteiger partial charge in [-0.2, -0.15) is 0 Å². The molecule has 0 saturated heterocycles. The minimum Gasteiger partial charge on any atom is -0.243 e. The molecule has 1 aromatic rings. The number of benzene rings is 1. The fourth-order valence-corrected chi connectivity index (χ4v) is 0.655. The molecule has 0 nitrogen and oxygen atoms in total. The number of hydrogen-bond acceptors (Lipinski definition) is 0. The predicted molar refractivity (Wildman–Crippen MR) is 34.8 cm³/mol. The molecule has 0 aliphatic heterocycles. The Morgan fingerprint density at radius 1 is 1.67 bits per heavy atom. The van der Waals surface area contributed by atoms with Crippen LogP contribution in [0.4, 0.5) is 4.39 Å². The molecule has 1 atom stereocenters. The van der Waals surface area contributed by atoms with Crippen molar-refractivity contribution in [2.24, 2.45) is 0 Å². The van der Waals surface area contributed by atoms with E-state index in [2.05, 4.69) is 6.07 Å². The summed E-state index contributed by atoms with van der Waals surface area (Å²) >= 11 is 0. The van der Waals surface area contributed by atoms with Crippen molar-refractivity contribution in [1.82, 2.24) is 0 Å². The van der Waals surface area contributed by atoms with Crippen molar-refractivity contribution in [3.8, 4) is 0 Å². The first-order valence-electron chi connectivity index (χ1n) is 2.91. The summed E-state index contributed by atoms with van der Waals surface area (Å²) in [4.78, 5) is 0. The van der Waals surface area contributed by atoms with Gasteiger partial charge in [0.15, 0.2) is 0 Å². The van der Waals surface area contributed by atoms with Crippen LogP contribution in [0, 0.1) is 6.07 Å². The average molecular weight is 123 g/mol. The first-order valence-corrected chi connectivity index (χ1v) is 2.91. The lowest BCUT2D eigenvalue weighted by Crippen LogP contribution is -1.81. The molecule has 0 unspecified atom stereocenters. The third-order valence-corrected chi connectivity index (χ3v) is 1.19. The third kappa shape index (κ3) is 1.53. The summed E-state index contributed by atoms with van der Waals surface area (Å²) in [6.07, 6.45) is -0.873. The Labute approximate surface area is 54.3 Å². The zero-order chi connectivity index (χ0) is 6.69. The highest BCUT2D eigenvalue weighted by atomic mass is 19.1. The Morgan fingerprint density at radius 2 is 2.44 bits per heavy atom. The normalized spacial score (nSPS) is 13.1. The summed E-state index contributed by atoms with van der Waals surface area (Å²) < 4.78 is 12.4. The van der Waals surface area contributed by atoms with Gasteiger partial charge in [0.1, 0.15) is 6.17 Å². The predicted octanol–water partition coefficient (Wildman–Crippen LogP) is 2.52. The van der Waals surface area contributed by atoms with E-state index in [9.17, 15) is 4.39 Å². The molecule has 0 bridgehead atoms. The SMILES string of the molecule is C[C@H](F)c1c[c]ccc1. The quantitative estimate of drug-likeness (QED) is 0.538. The number of alkyl halides is 1. The first-order chi connectivity index (χ1) is 4.30. The van der Waals surface area contributed by atoms with E-state index < -0.39 is 6.17 Å². The zero-order valence-corrected chi connectivity index (χ0v) is 5.26. The van der Waals surface area contributed by atoms with E-state index in [4.69, 9.17) is 0 Å². The van der Waals surface area contributed by atoms with E-state index in [-0.39, 0.29) is 0 Å². The van der Waals surface area contributed by atoms with E-state index in [1.807, 2.05) is 0 Å². The molecule has 0 N–H and O–H groups in total. The number of halogens is 1. The molecule has 9 heavy (non-hydrogen) atoms. The minimum atomic E-state index is -0.873. The highest BCUT2D eigenvalue weighted by Crippen LogP contribution is 2.13. The van der Waals surface area contributed by atoms with Gasteiger partial charge in [0.25, 0.3) is 0 Å². The highest BCUT2D eigenvalue weighted by molar-refractivity contribution is 5.15. The lowest BCUT2D eigenvalue weighted by atomic mass is 10.1. The van der Waals surface area contributed by atoms with Crippen molar-refractivity contribution in [2.75, 3.05) is 0 Å². The van der Waals surface area contributed by atoms with Crippen LogP contribution in [0.2, 0.25) is 0 Å². The average Bonchev–Trinajstić information content (AvgIpc) is 1.90. The van der Waals surface area contributed by atoms with Crippen LogP contribution >= 0.6 is 0 Å².